The van der Waals surface area contributed by atoms with E-state index in [1.165, 1.54) is 6.92 Å². The Kier molecular flexibility index (Phi) is 5.13. The van der Waals surface area contributed by atoms with Gasteiger partial charge in [-0.3, -0.25) is 4.79 Å². The van der Waals surface area contributed by atoms with Gasteiger partial charge >= 0.3 is 0 Å². The molecule has 0 aliphatic heterocycles. The summed E-state index contributed by atoms with van der Waals surface area (Å²) >= 11 is 5.52. The molecule has 1 aromatic heterocycles. The molecule has 0 spiro atoms. The van der Waals surface area contributed by atoms with Gasteiger partial charge in [0.15, 0.2) is 9.84 Å². The van der Waals surface area contributed by atoms with Crippen molar-refractivity contribution in [3.05, 3.63) is 27.6 Å². The fraction of sp³-hybridized carbons (Fsp3) is 0.444. The van der Waals surface area contributed by atoms with E-state index in [0.717, 1.165) is 12.3 Å². The molecular weight excluding hydrogens is 316 g/mol. The minimum atomic E-state index is -3.90. The molecule has 0 atom stereocenters. The van der Waals surface area contributed by atoms with Crippen molar-refractivity contribution in [2.45, 2.75) is 11.8 Å². The maximum absolute atomic E-state index is 11.8. The molecule has 0 aliphatic carbocycles. The molecule has 10 heteroatoms. The molecule has 0 aromatic carbocycles. The van der Waals surface area contributed by atoms with Crippen molar-refractivity contribution in [2.24, 2.45) is 0 Å². The van der Waals surface area contributed by atoms with E-state index >= 15 is 0 Å². The van der Waals surface area contributed by atoms with Gasteiger partial charge in [0.1, 0.15) is 5.02 Å². The molecule has 1 aromatic rings. The number of rotatable bonds is 6. The summed E-state index contributed by atoms with van der Waals surface area (Å²) in [6.45, 7) is 1.24. The van der Waals surface area contributed by atoms with Crippen LogP contribution in [0.5, 0.6) is 0 Å². The molecular formula is C9H13ClN2O5S2. The van der Waals surface area contributed by atoms with Gasteiger partial charge in [-0.2, -0.15) is 0 Å². The molecule has 0 saturated carbocycles. The van der Waals surface area contributed by atoms with Gasteiger partial charge < -0.3 is 4.98 Å². The fourth-order valence-corrected chi connectivity index (χ4v) is 3.24. The molecule has 0 aliphatic rings. The molecule has 0 radical (unpaired) electrons. The van der Waals surface area contributed by atoms with Gasteiger partial charge in [-0.1, -0.05) is 18.5 Å². The van der Waals surface area contributed by atoms with Crippen LogP contribution in [0.25, 0.3) is 0 Å². The zero-order valence-corrected chi connectivity index (χ0v) is 12.4. The highest BCUT2D eigenvalue weighted by molar-refractivity contribution is 7.91. The summed E-state index contributed by atoms with van der Waals surface area (Å²) in [5.41, 5.74) is -0.603. The number of hydrogen-bond donors (Lipinski definition) is 2. The van der Waals surface area contributed by atoms with Crippen LogP contribution >= 0.6 is 11.6 Å². The lowest BCUT2D eigenvalue weighted by Crippen LogP contribution is -2.30. The summed E-state index contributed by atoms with van der Waals surface area (Å²) in [4.78, 5) is 12.9. The van der Waals surface area contributed by atoms with Crippen molar-refractivity contribution in [3.63, 3.8) is 0 Å². The number of sulfone groups is 1. The van der Waals surface area contributed by atoms with Crippen LogP contribution in [-0.2, 0) is 19.9 Å². The fourth-order valence-electron chi connectivity index (χ4n) is 1.15. The Morgan fingerprint density at radius 2 is 1.95 bits per heavy atom. The van der Waals surface area contributed by atoms with Gasteiger partial charge in [0.25, 0.3) is 5.56 Å². The zero-order valence-electron chi connectivity index (χ0n) is 10.0. The summed E-state index contributed by atoms with van der Waals surface area (Å²) in [5.74, 6) is -0.348. The quantitative estimate of drug-likeness (QED) is 0.747. The first-order chi connectivity index (χ1) is 8.68. The molecule has 19 heavy (non-hydrogen) atoms. The minimum absolute atomic E-state index is 0.0563. The number of nitrogens with one attached hydrogen (secondary N) is 2. The van der Waals surface area contributed by atoms with Crippen molar-refractivity contribution < 1.29 is 16.8 Å². The summed E-state index contributed by atoms with van der Waals surface area (Å²) in [5, 5.41) is -0.260. The number of hydrogen-bond acceptors (Lipinski definition) is 5. The average molecular weight is 329 g/mol. The number of aromatic nitrogens is 1. The highest BCUT2D eigenvalue weighted by Crippen LogP contribution is 2.09. The van der Waals surface area contributed by atoms with Crippen molar-refractivity contribution in [2.75, 3.05) is 18.1 Å². The topological polar surface area (TPSA) is 113 Å². The van der Waals surface area contributed by atoms with E-state index in [4.69, 9.17) is 11.6 Å². The summed E-state index contributed by atoms with van der Waals surface area (Å²) in [7, 11) is -7.15. The third-order valence-corrected chi connectivity index (χ3v) is 5.71. The highest BCUT2D eigenvalue weighted by Gasteiger charge is 2.16. The Bertz CT molecular complexity index is 708. The second kappa shape index (κ2) is 6.04. The van der Waals surface area contributed by atoms with Crippen LogP contribution in [0.4, 0.5) is 0 Å². The largest absolute Gasteiger partial charge is 0.326 e. The molecule has 1 heterocycles. The molecule has 108 valence electrons. The lowest BCUT2D eigenvalue weighted by Gasteiger charge is -2.06. The van der Waals surface area contributed by atoms with Crippen molar-refractivity contribution >= 4 is 31.5 Å². The van der Waals surface area contributed by atoms with Crippen molar-refractivity contribution in [1.29, 1.82) is 0 Å². The highest BCUT2D eigenvalue weighted by atomic mass is 35.5. The zero-order chi connectivity index (χ0) is 14.7. The number of aromatic amines is 1. The van der Waals surface area contributed by atoms with E-state index in [2.05, 4.69) is 9.71 Å². The Balaban J connectivity index is 2.82. The van der Waals surface area contributed by atoms with Gasteiger partial charge in [-0.15, -0.1) is 0 Å². The van der Waals surface area contributed by atoms with Crippen LogP contribution in [-0.4, -0.2) is 39.9 Å². The van der Waals surface area contributed by atoms with E-state index < -0.39 is 25.4 Å². The summed E-state index contributed by atoms with van der Waals surface area (Å²) in [6, 6.07) is 0.997. The number of pyridine rings is 1. The number of H-pyrrole nitrogens is 1. The van der Waals surface area contributed by atoms with Crippen LogP contribution in [0.3, 0.4) is 0 Å². The predicted octanol–water partition coefficient (Wildman–Crippen LogP) is -0.259. The molecule has 0 amide bonds. The van der Waals surface area contributed by atoms with E-state index in [1.807, 2.05) is 0 Å². The van der Waals surface area contributed by atoms with E-state index in [-0.39, 0.29) is 28.0 Å². The predicted molar refractivity (Wildman–Crippen MR) is 71.6 cm³/mol. The lowest BCUT2D eigenvalue weighted by molar-refractivity contribution is 0.581. The summed E-state index contributed by atoms with van der Waals surface area (Å²) < 4.78 is 48.1. The molecule has 0 fully saturated rings. The van der Waals surface area contributed by atoms with Crippen LogP contribution in [0.15, 0.2) is 22.0 Å². The first-order valence-corrected chi connectivity index (χ1v) is 8.94. The molecule has 0 unspecified atom stereocenters. The first-order valence-electron chi connectivity index (χ1n) is 5.26. The number of sulfonamides is 1. The third kappa shape index (κ3) is 4.60. The van der Waals surface area contributed by atoms with Gasteiger partial charge in [0.2, 0.25) is 10.0 Å². The molecule has 2 N–H and O–H groups in total. The smallest absolute Gasteiger partial charge is 0.266 e. The maximum atomic E-state index is 11.8. The standard InChI is InChI=1S/C9H13ClN2O5S2/c1-2-18(14,15)4-3-12-19(16,17)7-5-8(10)9(13)11-6-7/h5-6,12H,2-4H2,1H3,(H,11,13). The van der Waals surface area contributed by atoms with Crippen LogP contribution in [0.1, 0.15) is 6.92 Å². The SMILES string of the molecule is CCS(=O)(=O)CCNS(=O)(=O)c1c[nH]c(=O)c(Cl)c1. The Labute approximate surface area is 116 Å². The van der Waals surface area contributed by atoms with Gasteiger partial charge in [-0.05, 0) is 6.07 Å². The van der Waals surface area contributed by atoms with Crippen molar-refractivity contribution in [1.82, 2.24) is 9.71 Å². The van der Waals surface area contributed by atoms with Gasteiger partial charge in [0.05, 0.1) is 10.6 Å². The van der Waals surface area contributed by atoms with Gasteiger partial charge in [-0.25, -0.2) is 21.6 Å². The van der Waals surface area contributed by atoms with Crippen molar-refractivity contribution in [3.8, 4) is 0 Å². The van der Waals surface area contributed by atoms with Crippen LogP contribution < -0.4 is 10.3 Å². The Morgan fingerprint density at radius 3 is 2.47 bits per heavy atom. The average Bonchev–Trinajstić information content (AvgIpc) is 2.32. The second-order valence-corrected chi connectivity index (χ2v) is 8.29. The van der Waals surface area contributed by atoms with Crippen LogP contribution in [0.2, 0.25) is 5.02 Å². The molecule has 0 bridgehead atoms. The van der Waals surface area contributed by atoms with Gasteiger partial charge in [0, 0.05) is 18.5 Å². The molecule has 1 rings (SSSR count). The second-order valence-electron chi connectivity index (χ2n) is 3.65. The maximum Gasteiger partial charge on any atom is 0.266 e. The first kappa shape index (κ1) is 16.2. The lowest BCUT2D eigenvalue weighted by atomic mass is 10.5. The van der Waals surface area contributed by atoms with E-state index in [1.54, 1.807) is 0 Å². The monoisotopic (exact) mass is 328 g/mol. The number of halogens is 1. The Morgan fingerprint density at radius 1 is 1.32 bits per heavy atom. The molecule has 0 saturated heterocycles. The van der Waals surface area contributed by atoms with Crippen LogP contribution in [0, 0.1) is 0 Å². The normalized spacial score (nSPS) is 12.5. The minimum Gasteiger partial charge on any atom is -0.326 e. The molecule has 7 nitrogen and oxygen atoms in total. The van der Waals surface area contributed by atoms with E-state index in [9.17, 15) is 21.6 Å². The third-order valence-electron chi connectivity index (χ3n) is 2.29. The van der Waals surface area contributed by atoms with E-state index in [0.29, 0.717) is 0 Å². The summed E-state index contributed by atoms with van der Waals surface area (Å²) in [6.07, 6.45) is 0.991. The Hall–Kier alpha value is -0.900.